The molecule has 1 rings (SSSR count). The summed E-state index contributed by atoms with van der Waals surface area (Å²) in [6, 6.07) is 8.11. The summed E-state index contributed by atoms with van der Waals surface area (Å²) in [5.41, 5.74) is 1.18. The van der Waals surface area contributed by atoms with Gasteiger partial charge in [0.2, 0.25) is 0 Å². The van der Waals surface area contributed by atoms with Gasteiger partial charge < -0.3 is 14.8 Å². The Hall–Kier alpha value is -1.06. The van der Waals surface area contributed by atoms with Crippen molar-refractivity contribution in [1.29, 1.82) is 0 Å². The smallest absolute Gasteiger partial charge is 0.123 e. The molecule has 0 fully saturated rings. The molecule has 3 heteroatoms. The Morgan fingerprint density at radius 2 is 1.84 bits per heavy atom. The van der Waals surface area contributed by atoms with E-state index in [4.69, 9.17) is 9.47 Å². The second kappa shape index (κ2) is 8.94. The van der Waals surface area contributed by atoms with Crippen molar-refractivity contribution in [3.8, 4) is 5.75 Å². The molecular formula is C16H27NO2. The largest absolute Gasteiger partial charge is 0.491 e. The van der Waals surface area contributed by atoms with Crippen LogP contribution in [-0.2, 0) is 11.3 Å². The number of hydrogen-bond acceptors (Lipinski definition) is 3. The predicted molar refractivity (Wildman–Crippen MR) is 79.6 cm³/mol. The van der Waals surface area contributed by atoms with Crippen LogP contribution in [0.25, 0.3) is 0 Å². The van der Waals surface area contributed by atoms with Crippen LogP contribution in [0.4, 0.5) is 0 Å². The molecule has 1 atom stereocenters. The summed E-state index contributed by atoms with van der Waals surface area (Å²) in [6.07, 6.45) is 1.40. The first-order valence-corrected chi connectivity index (χ1v) is 7.10. The first kappa shape index (κ1) is 16.0. The zero-order valence-corrected chi connectivity index (χ0v) is 12.6. The summed E-state index contributed by atoms with van der Waals surface area (Å²) in [5.74, 6) is 1.62. The molecule has 1 N–H and O–H groups in total. The second-order valence-electron chi connectivity index (χ2n) is 5.30. The standard InChI is InChI=1S/C16H27NO2/c1-13(2)11-14(3)18-9-10-19-16-8-6-5-7-15(16)12-17-4/h5-8,13-14,17H,9-12H2,1-4H3. The van der Waals surface area contributed by atoms with Crippen molar-refractivity contribution >= 4 is 0 Å². The number of benzene rings is 1. The van der Waals surface area contributed by atoms with Gasteiger partial charge in [-0.1, -0.05) is 32.0 Å². The normalized spacial score (nSPS) is 12.7. The number of rotatable bonds is 9. The lowest BCUT2D eigenvalue weighted by molar-refractivity contribution is 0.0329. The maximum atomic E-state index is 5.78. The molecule has 3 nitrogen and oxygen atoms in total. The minimum Gasteiger partial charge on any atom is -0.491 e. The molecule has 0 heterocycles. The quantitative estimate of drug-likeness (QED) is 0.695. The van der Waals surface area contributed by atoms with Gasteiger partial charge in [0.1, 0.15) is 12.4 Å². The third-order valence-electron chi connectivity index (χ3n) is 2.89. The van der Waals surface area contributed by atoms with Gasteiger partial charge >= 0.3 is 0 Å². The fourth-order valence-corrected chi connectivity index (χ4v) is 2.11. The first-order chi connectivity index (χ1) is 9.13. The Balaban J connectivity index is 2.29. The molecule has 0 bridgehead atoms. The van der Waals surface area contributed by atoms with E-state index in [0.29, 0.717) is 25.2 Å². The van der Waals surface area contributed by atoms with Crippen LogP contribution in [0.3, 0.4) is 0 Å². The third-order valence-corrected chi connectivity index (χ3v) is 2.89. The molecule has 0 aliphatic heterocycles. The van der Waals surface area contributed by atoms with Crippen molar-refractivity contribution in [1.82, 2.24) is 5.32 Å². The molecule has 108 valence electrons. The van der Waals surface area contributed by atoms with Gasteiger partial charge in [-0.25, -0.2) is 0 Å². The fraction of sp³-hybridized carbons (Fsp3) is 0.625. The summed E-state index contributed by atoms with van der Waals surface area (Å²) in [4.78, 5) is 0. The van der Waals surface area contributed by atoms with Gasteiger partial charge in [-0.3, -0.25) is 0 Å². The lowest BCUT2D eigenvalue weighted by atomic mass is 10.1. The van der Waals surface area contributed by atoms with E-state index >= 15 is 0 Å². The monoisotopic (exact) mass is 265 g/mol. The maximum absolute atomic E-state index is 5.78. The molecule has 0 aliphatic carbocycles. The van der Waals surface area contributed by atoms with E-state index in [1.165, 1.54) is 5.56 Å². The van der Waals surface area contributed by atoms with Gasteiger partial charge in [0.25, 0.3) is 0 Å². The van der Waals surface area contributed by atoms with Crippen molar-refractivity contribution in [2.75, 3.05) is 20.3 Å². The van der Waals surface area contributed by atoms with E-state index in [9.17, 15) is 0 Å². The minimum absolute atomic E-state index is 0.302. The van der Waals surface area contributed by atoms with Crippen LogP contribution in [0, 0.1) is 5.92 Å². The number of hydrogen-bond donors (Lipinski definition) is 1. The number of nitrogens with one attached hydrogen (secondary N) is 1. The van der Waals surface area contributed by atoms with Gasteiger partial charge in [0.05, 0.1) is 12.7 Å². The number of ether oxygens (including phenoxy) is 2. The summed E-state index contributed by atoms with van der Waals surface area (Å²) >= 11 is 0. The Morgan fingerprint density at radius 1 is 1.11 bits per heavy atom. The Morgan fingerprint density at radius 3 is 2.53 bits per heavy atom. The average molecular weight is 265 g/mol. The van der Waals surface area contributed by atoms with Crippen molar-refractivity contribution < 1.29 is 9.47 Å². The van der Waals surface area contributed by atoms with E-state index in [1.54, 1.807) is 0 Å². The van der Waals surface area contributed by atoms with E-state index in [-0.39, 0.29) is 0 Å². The topological polar surface area (TPSA) is 30.5 Å². The molecule has 19 heavy (non-hydrogen) atoms. The lowest BCUT2D eigenvalue weighted by Crippen LogP contribution is -2.16. The van der Waals surface area contributed by atoms with Gasteiger partial charge in [0.15, 0.2) is 0 Å². The SMILES string of the molecule is CNCc1ccccc1OCCOC(C)CC(C)C. The molecule has 0 radical (unpaired) electrons. The third kappa shape index (κ3) is 6.60. The predicted octanol–water partition coefficient (Wildman–Crippen LogP) is 3.24. The van der Waals surface area contributed by atoms with Crippen molar-refractivity contribution in [2.45, 2.75) is 39.8 Å². The molecule has 0 saturated carbocycles. The Kier molecular flexibility index (Phi) is 7.53. The summed E-state index contributed by atoms with van der Waals surface area (Å²) < 4.78 is 11.5. The van der Waals surface area contributed by atoms with Gasteiger partial charge in [-0.05, 0) is 32.4 Å². The van der Waals surface area contributed by atoms with Crippen molar-refractivity contribution in [3.63, 3.8) is 0 Å². The minimum atomic E-state index is 0.302. The van der Waals surface area contributed by atoms with Crippen LogP contribution in [0.1, 0.15) is 32.8 Å². The highest BCUT2D eigenvalue weighted by molar-refractivity contribution is 5.33. The molecule has 1 aromatic rings. The van der Waals surface area contributed by atoms with E-state index in [0.717, 1.165) is 18.7 Å². The van der Waals surface area contributed by atoms with Crippen LogP contribution in [-0.4, -0.2) is 26.4 Å². The molecule has 1 unspecified atom stereocenters. The zero-order chi connectivity index (χ0) is 14.1. The molecule has 1 aromatic carbocycles. The average Bonchev–Trinajstić information content (AvgIpc) is 2.36. The summed E-state index contributed by atoms with van der Waals surface area (Å²) in [6.45, 7) is 8.61. The van der Waals surface area contributed by atoms with Gasteiger partial charge in [-0.2, -0.15) is 0 Å². The Bertz CT molecular complexity index is 352. The van der Waals surface area contributed by atoms with Crippen LogP contribution in [0.2, 0.25) is 0 Å². The maximum Gasteiger partial charge on any atom is 0.123 e. The Labute approximate surface area is 117 Å². The van der Waals surface area contributed by atoms with Crippen molar-refractivity contribution in [3.05, 3.63) is 29.8 Å². The first-order valence-electron chi connectivity index (χ1n) is 7.10. The molecule has 0 aliphatic rings. The van der Waals surface area contributed by atoms with Crippen LogP contribution >= 0.6 is 0 Å². The molecule has 0 amide bonds. The number of para-hydroxylation sites is 1. The molecule has 0 saturated heterocycles. The summed E-state index contributed by atoms with van der Waals surface area (Å²) in [7, 11) is 1.94. The second-order valence-corrected chi connectivity index (χ2v) is 5.30. The van der Waals surface area contributed by atoms with E-state index < -0.39 is 0 Å². The van der Waals surface area contributed by atoms with Gasteiger partial charge in [-0.15, -0.1) is 0 Å². The molecular weight excluding hydrogens is 238 g/mol. The highest BCUT2D eigenvalue weighted by atomic mass is 16.5. The lowest BCUT2D eigenvalue weighted by Gasteiger charge is -2.16. The van der Waals surface area contributed by atoms with Gasteiger partial charge in [0, 0.05) is 12.1 Å². The van der Waals surface area contributed by atoms with E-state index in [2.05, 4.69) is 32.2 Å². The van der Waals surface area contributed by atoms with Crippen LogP contribution in [0.15, 0.2) is 24.3 Å². The highest BCUT2D eigenvalue weighted by Crippen LogP contribution is 2.17. The van der Waals surface area contributed by atoms with Crippen molar-refractivity contribution in [2.24, 2.45) is 5.92 Å². The highest BCUT2D eigenvalue weighted by Gasteiger charge is 2.06. The molecule has 0 spiro atoms. The zero-order valence-electron chi connectivity index (χ0n) is 12.6. The van der Waals surface area contributed by atoms with E-state index in [1.807, 2.05) is 25.2 Å². The van der Waals surface area contributed by atoms with Crippen LogP contribution in [0.5, 0.6) is 5.75 Å². The summed E-state index contributed by atoms with van der Waals surface area (Å²) in [5, 5.41) is 3.14. The van der Waals surface area contributed by atoms with Crippen LogP contribution < -0.4 is 10.1 Å². The molecule has 0 aromatic heterocycles. The fourth-order valence-electron chi connectivity index (χ4n) is 2.11.